The zero-order valence-electron chi connectivity index (χ0n) is 13.8. The van der Waals surface area contributed by atoms with Gasteiger partial charge in [0, 0.05) is 19.6 Å². The van der Waals surface area contributed by atoms with Crippen molar-refractivity contribution in [2.45, 2.75) is 37.6 Å². The summed E-state index contributed by atoms with van der Waals surface area (Å²) in [7, 11) is 0. The molecule has 1 atom stereocenters. The molecular formula is C17H19ClN6O. The molecule has 0 radical (unpaired) electrons. The normalized spacial score (nSPS) is 23.4. The van der Waals surface area contributed by atoms with Gasteiger partial charge >= 0.3 is 0 Å². The number of carbonyl (C=O) groups excluding carboxylic acids is 1. The smallest absolute Gasteiger partial charge is 0.237 e. The Labute approximate surface area is 150 Å². The maximum atomic E-state index is 12.5. The zero-order chi connectivity index (χ0) is 17.4. The zero-order valence-corrected chi connectivity index (χ0v) is 14.6. The van der Waals surface area contributed by atoms with Gasteiger partial charge in [0.05, 0.1) is 40.1 Å². The Morgan fingerprint density at radius 1 is 1.36 bits per heavy atom. The third kappa shape index (κ3) is 2.61. The molecule has 4 rings (SSSR count). The molecule has 0 aliphatic carbocycles. The molecule has 2 saturated heterocycles. The first kappa shape index (κ1) is 16.2. The summed E-state index contributed by atoms with van der Waals surface area (Å²) in [6.45, 7) is 2.29. The summed E-state index contributed by atoms with van der Waals surface area (Å²) in [6, 6.07) is 2.00. The third-order valence-corrected chi connectivity index (χ3v) is 5.71. The number of rotatable bonds is 2. The van der Waals surface area contributed by atoms with E-state index in [-0.39, 0.29) is 17.9 Å². The number of likely N-dealkylation sites (tertiary alicyclic amines) is 1. The highest BCUT2D eigenvalue weighted by molar-refractivity contribution is 6.34. The lowest BCUT2D eigenvalue weighted by Crippen LogP contribution is -2.56. The molecule has 2 aromatic heterocycles. The maximum absolute atomic E-state index is 12.5. The van der Waals surface area contributed by atoms with E-state index in [0.717, 1.165) is 56.4 Å². The fourth-order valence-corrected chi connectivity index (χ4v) is 4.57. The van der Waals surface area contributed by atoms with Crippen LogP contribution in [0.25, 0.3) is 11.0 Å². The number of aromatic amines is 1. The number of H-pyrrole nitrogens is 1. The summed E-state index contributed by atoms with van der Waals surface area (Å²) >= 11 is 6.45. The van der Waals surface area contributed by atoms with Crippen molar-refractivity contribution in [2.24, 2.45) is 0 Å². The lowest BCUT2D eigenvalue weighted by atomic mass is 9.85. The second-order valence-electron chi connectivity index (χ2n) is 6.82. The largest absolute Gasteiger partial charge is 0.367 e. The summed E-state index contributed by atoms with van der Waals surface area (Å²) in [5.74, 6) is -0.0571. The van der Waals surface area contributed by atoms with E-state index in [9.17, 15) is 4.79 Å². The van der Waals surface area contributed by atoms with E-state index < -0.39 is 0 Å². The van der Waals surface area contributed by atoms with Gasteiger partial charge in [-0.1, -0.05) is 11.6 Å². The molecule has 1 unspecified atom stereocenters. The van der Waals surface area contributed by atoms with Crippen molar-refractivity contribution >= 4 is 34.2 Å². The SMILES string of the molecule is N#CCC(=O)N1CCCCC12CCN(c1c(Cl)cnc3[nH]ncc13)C2. The van der Waals surface area contributed by atoms with Crippen molar-refractivity contribution in [3.8, 4) is 6.07 Å². The van der Waals surface area contributed by atoms with E-state index in [0.29, 0.717) is 10.7 Å². The number of piperidine rings is 1. The number of fused-ring (bicyclic) bond motifs is 1. The predicted molar refractivity (Wildman–Crippen MR) is 94.3 cm³/mol. The standard InChI is InChI=1S/C17H19ClN6O/c18-13-10-20-16-12(9-21-22-16)15(13)23-8-5-17(11-23)4-1-2-7-24(17)14(25)3-6-19/h9-10H,1-5,7-8,11H2,(H,20,21,22). The van der Waals surface area contributed by atoms with Crippen molar-refractivity contribution < 1.29 is 4.79 Å². The van der Waals surface area contributed by atoms with Crippen LogP contribution in [0.15, 0.2) is 12.4 Å². The van der Waals surface area contributed by atoms with Gasteiger partial charge in [0.25, 0.3) is 0 Å². The Balaban J connectivity index is 1.67. The Kier molecular flexibility index (Phi) is 4.00. The second-order valence-corrected chi connectivity index (χ2v) is 7.23. The average molecular weight is 359 g/mol. The van der Waals surface area contributed by atoms with Gasteiger partial charge < -0.3 is 9.80 Å². The molecule has 25 heavy (non-hydrogen) atoms. The minimum Gasteiger partial charge on any atom is -0.367 e. The molecule has 0 bridgehead atoms. The molecule has 1 amide bonds. The summed E-state index contributed by atoms with van der Waals surface area (Å²) in [5.41, 5.74) is 1.44. The number of aromatic nitrogens is 3. The van der Waals surface area contributed by atoms with Crippen LogP contribution in [0.5, 0.6) is 0 Å². The number of hydrogen-bond acceptors (Lipinski definition) is 5. The van der Waals surface area contributed by atoms with Crippen LogP contribution in [0.4, 0.5) is 5.69 Å². The van der Waals surface area contributed by atoms with Crippen LogP contribution in [-0.4, -0.2) is 51.2 Å². The fraction of sp³-hybridized carbons (Fsp3) is 0.529. The highest BCUT2D eigenvalue weighted by atomic mass is 35.5. The average Bonchev–Trinajstić information content (AvgIpc) is 3.23. The van der Waals surface area contributed by atoms with Crippen LogP contribution in [0.3, 0.4) is 0 Å². The number of pyridine rings is 1. The van der Waals surface area contributed by atoms with E-state index in [4.69, 9.17) is 16.9 Å². The van der Waals surface area contributed by atoms with Crippen molar-refractivity contribution in [3.05, 3.63) is 17.4 Å². The van der Waals surface area contributed by atoms with Gasteiger partial charge in [0.1, 0.15) is 6.42 Å². The van der Waals surface area contributed by atoms with Gasteiger partial charge in [-0.25, -0.2) is 4.98 Å². The summed E-state index contributed by atoms with van der Waals surface area (Å²) in [4.78, 5) is 20.9. The van der Waals surface area contributed by atoms with Crippen molar-refractivity contribution in [1.82, 2.24) is 20.1 Å². The van der Waals surface area contributed by atoms with Gasteiger partial charge in [-0.3, -0.25) is 9.89 Å². The van der Waals surface area contributed by atoms with Gasteiger partial charge in [-0.2, -0.15) is 10.4 Å². The van der Waals surface area contributed by atoms with E-state index in [1.54, 1.807) is 12.4 Å². The number of anilines is 1. The predicted octanol–water partition coefficient (Wildman–Crippen LogP) is 2.49. The number of nitriles is 1. The number of halogens is 1. The van der Waals surface area contributed by atoms with E-state index in [2.05, 4.69) is 20.1 Å². The topological polar surface area (TPSA) is 88.9 Å². The molecule has 1 N–H and O–H groups in total. The highest BCUT2D eigenvalue weighted by Crippen LogP contribution is 2.42. The first-order valence-corrected chi connectivity index (χ1v) is 8.92. The van der Waals surface area contributed by atoms with Crippen LogP contribution in [0.1, 0.15) is 32.1 Å². The summed E-state index contributed by atoms with van der Waals surface area (Å²) in [5, 5.41) is 17.4. The van der Waals surface area contributed by atoms with Crippen LogP contribution < -0.4 is 4.90 Å². The lowest BCUT2D eigenvalue weighted by Gasteiger charge is -2.44. The molecule has 4 heterocycles. The molecule has 0 saturated carbocycles. The Hall–Kier alpha value is -2.33. The Morgan fingerprint density at radius 3 is 3.08 bits per heavy atom. The minimum absolute atomic E-state index is 0.0518. The molecule has 2 fully saturated rings. The van der Waals surface area contributed by atoms with Crippen molar-refractivity contribution in [3.63, 3.8) is 0 Å². The van der Waals surface area contributed by atoms with Gasteiger partial charge in [0.15, 0.2) is 5.65 Å². The molecule has 1 spiro atoms. The second kappa shape index (κ2) is 6.19. The number of nitrogens with zero attached hydrogens (tertiary/aromatic N) is 5. The summed E-state index contributed by atoms with van der Waals surface area (Å²) < 4.78 is 0. The van der Waals surface area contributed by atoms with Crippen LogP contribution >= 0.6 is 11.6 Å². The molecule has 2 aromatic rings. The molecule has 8 heteroatoms. The first-order valence-electron chi connectivity index (χ1n) is 8.54. The minimum atomic E-state index is -0.200. The van der Waals surface area contributed by atoms with E-state index >= 15 is 0 Å². The van der Waals surface area contributed by atoms with E-state index in [1.165, 1.54) is 0 Å². The lowest BCUT2D eigenvalue weighted by molar-refractivity contribution is -0.138. The quantitative estimate of drug-likeness (QED) is 0.890. The Morgan fingerprint density at radius 2 is 2.24 bits per heavy atom. The van der Waals surface area contributed by atoms with Gasteiger partial charge in [-0.15, -0.1) is 0 Å². The van der Waals surface area contributed by atoms with E-state index in [1.807, 2.05) is 11.0 Å². The first-order chi connectivity index (χ1) is 12.1. The Bertz CT molecular complexity index is 858. The summed E-state index contributed by atoms with van der Waals surface area (Å²) in [6.07, 6.45) is 7.30. The van der Waals surface area contributed by atoms with Crippen LogP contribution in [0.2, 0.25) is 5.02 Å². The maximum Gasteiger partial charge on any atom is 0.237 e. The fourth-order valence-electron chi connectivity index (χ4n) is 4.30. The van der Waals surface area contributed by atoms with Crippen LogP contribution in [-0.2, 0) is 4.79 Å². The molecular weight excluding hydrogens is 340 g/mol. The number of carbonyl (C=O) groups is 1. The number of nitrogens with one attached hydrogen (secondary N) is 1. The molecule has 2 aliphatic heterocycles. The molecule has 130 valence electrons. The molecule has 0 aromatic carbocycles. The monoisotopic (exact) mass is 358 g/mol. The third-order valence-electron chi connectivity index (χ3n) is 5.43. The van der Waals surface area contributed by atoms with Crippen LogP contribution in [0, 0.1) is 11.3 Å². The van der Waals surface area contributed by atoms with Crippen molar-refractivity contribution in [2.75, 3.05) is 24.5 Å². The highest BCUT2D eigenvalue weighted by Gasteiger charge is 2.46. The van der Waals surface area contributed by atoms with Gasteiger partial charge in [-0.05, 0) is 25.7 Å². The van der Waals surface area contributed by atoms with Crippen molar-refractivity contribution in [1.29, 1.82) is 5.26 Å². The molecule has 7 nitrogen and oxygen atoms in total. The molecule has 2 aliphatic rings. The number of amides is 1. The number of hydrogen-bond donors (Lipinski definition) is 1. The van der Waals surface area contributed by atoms with Gasteiger partial charge in [0.2, 0.25) is 5.91 Å².